The highest BCUT2D eigenvalue weighted by Crippen LogP contribution is 2.23. The maximum Gasteiger partial charge on any atom is 0.261 e. The Kier molecular flexibility index (Phi) is 4.23. The van der Waals surface area contributed by atoms with Crippen molar-refractivity contribution in [1.29, 1.82) is 0 Å². The Morgan fingerprint density at radius 1 is 1.04 bits per heavy atom. The van der Waals surface area contributed by atoms with Crippen LogP contribution in [-0.4, -0.2) is 27.4 Å². The Bertz CT molecular complexity index is 926. The Morgan fingerprint density at radius 3 is 2.54 bits per heavy atom. The summed E-state index contributed by atoms with van der Waals surface area (Å²) in [5, 5.41) is 0. The molecule has 0 saturated heterocycles. The van der Waals surface area contributed by atoms with Gasteiger partial charge in [0.1, 0.15) is 5.75 Å². The van der Waals surface area contributed by atoms with Gasteiger partial charge in [-0.15, -0.1) is 0 Å². The van der Waals surface area contributed by atoms with Gasteiger partial charge < -0.3 is 15.4 Å². The molecule has 130 valence electrons. The summed E-state index contributed by atoms with van der Waals surface area (Å²) in [6.07, 6.45) is 1.67. The van der Waals surface area contributed by atoms with E-state index in [2.05, 4.69) is 22.1 Å². The van der Waals surface area contributed by atoms with Crippen molar-refractivity contribution < 1.29 is 9.53 Å². The molecule has 0 saturated carbocycles. The fourth-order valence-electron chi connectivity index (χ4n) is 2.96. The number of aromatic nitrogens is 2. The Labute approximate surface area is 151 Å². The van der Waals surface area contributed by atoms with Crippen LogP contribution in [-0.2, 0) is 17.9 Å². The summed E-state index contributed by atoms with van der Waals surface area (Å²) in [6.45, 7) is 0.920. The van der Waals surface area contributed by atoms with Crippen LogP contribution in [0.25, 0.3) is 11.1 Å². The third-order valence-electron chi connectivity index (χ3n) is 4.35. The maximum absolute atomic E-state index is 12.4. The van der Waals surface area contributed by atoms with E-state index >= 15 is 0 Å². The van der Waals surface area contributed by atoms with E-state index in [-0.39, 0.29) is 18.5 Å². The van der Waals surface area contributed by atoms with Gasteiger partial charge in [-0.25, -0.2) is 9.97 Å². The molecule has 0 radical (unpaired) electrons. The molecule has 1 aliphatic rings. The van der Waals surface area contributed by atoms with E-state index in [0.29, 0.717) is 18.8 Å². The van der Waals surface area contributed by atoms with E-state index in [0.717, 1.165) is 22.4 Å². The zero-order valence-corrected chi connectivity index (χ0v) is 14.1. The number of rotatable bonds is 4. The van der Waals surface area contributed by atoms with Gasteiger partial charge in [0.25, 0.3) is 5.91 Å². The smallest absolute Gasteiger partial charge is 0.261 e. The predicted molar refractivity (Wildman–Crippen MR) is 98.1 cm³/mol. The Morgan fingerprint density at radius 2 is 1.77 bits per heavy atom. The van der Waals surface area contributed by atoms with Crippen molar-refractivity contribution in [2.75, 3.05) is 12.3 Å². The topological polar surface area (TPSA) is 81.3 Å². The first-order valence-electron chi connectivity index (χ1n) is 8.35. The Hall–Kier alpha value is -3.41. The van der Waals surface area contributed by atoms with Crippen LogP contribution in [0.1, 0.15) is 11.3 Å². The quantitative estimate of drug-likeness (QED) is 0.785. The van der Waals surface area contributed by atoms with Crippen molar-refractivity contribution in [3.63, 3.8) is 0 Å². The molecule has 2 heterocycles. The summed E-state index contributed by atoms with van der Waals surface area (Å²) >= 11 is 0. The fraction of sp³-hybridized carbons (Fsp3) is 0.150. The molecule has 0 aliphatic carbocycles. The van der Waals surface area contributed by atoms with Crippen molar-refractivity contribution >= 4 is 11.9 Å². The molecule has 1 amide bonds. The number of hydrogen-bond donors (Lipinski definition) is 1. The standard InChI is InChI=1S/C20H18N4O2/c21-20-22-10-16-11-24(12-18(16)23-20)19(25)13-26-17-8-6-15(7-9-17)14-4-2-1-3-5-14/h1-10H,11-13H2,(H2,21,22,23). The lowest BCUT2D eigenvalue weighted by molar-refractivity contribution is -0.134. The van der Waals surface area contributed by atoms with Crippen LogP contribution in [0.15, 0.2) is 60.8 Å². The number of amides is 1. The lowest BCUT2D eigenvalue weighted by atomic mass is 10.1. The SMILES string of the molecule is Nc1ncc2c(n1)CN(C(=O)COc1ccc(-c3ccccc3)cc1)C2. The van der Waals surface area contributed by atoms with E-state index in [4.69, 9.17) is 10.5 Å². The number of fused-ring (bicyclic) bond motifs is 1. The van der Waals surface area contributed by atoms with Gasteiger partial charge in [-0.1, -0.05) is 42.5 Å². The molecular weight excluding hydrogens is 328 g/mol. The van der Waals surface area contributed by atoms with Gasteiger partial charge in [0.2, 0.25) is 5.95 Å². The second kappa shape index (κ2) is 6.84. The largest absolute Gasteiger partial charge is 0.484 e. The third-order valence-corrected chi connectivity index (χ3v) is 4.35. The van der Waals surface area contributed by atoms with Crippen LogP contribution in [0, 0.1) is 0 Å². The average molecular weight is 346 g/mol. The number of carbonyl (C=O) groups is 1. The van der Waals surface area contributed by atoms with E-state index in [1.807, 2.05) is 42.5 Å². The molecule has 2 N–H and O–H groups in total. The first-order valence-corrected chi connectivity index (χ1v) is 8.35. The van der Waals surface area contributed by atoms with Gasteiger partial charge >= 0.3 is 0 Å². The summed E-state index contributed by atoms with van der Waals surface area (Å²) in [7, 11) is 0. The summed E-state index contributed by atoms with van der Waals surface area (Å²) in [4.78, 5) is 22.2. The number of ether oxygens (including phenoxy) is 1. The summed E-state index contributed by atoms with van der Waals surface area (Å²) in [5.41, 5.74) is 9.58. The van der Waals surface area contributed by atoms with Crippen molar-refractivity contribution in [2.45, 2.75) is 13.1 Å². The molecular formula is C20H18N4O2. The van der Waals surface area contributed by atoms with Crippen molar-refractivity contribution in [3.05, 3.63) is 72.1 Å². The van der Waals surface area contributed by atoms with E-state index in [1.165, 1.54) is 0 Å². The highest BCUT2D eigenvalue weighted by Gasteiger charge is 2.25. The van der Waals surface area contributed by atoms with Crippen LogP contribution in [0.3, 0.4) is 0 Å². The minimum absolute atomic E-state index is 0.0123. The second-order valence-electron chi connectivity index (χ2n) is 6.13. The van der Waals surface area contributed by atoms with Gasteiger partial charge in [0.15, 0.2) is 6.61 Å². The number of anilines is 1. The molecule has 3 aromatic rings. The maximum atomic E-state index is 12.4. The minimum Gasteiger partial charge on any atom is -0.484 e. The third kappa shape index (κ3) is 3.35. The van der Waals surface area contributed by atoms with Crippen LogP contribution in [0.2, 0.25) is 0 Å². The van der Waals surface area contributed by atoms with Crippen LogP contribution in [0.5, 0.6) is 5.75 Å². The van der Waals surface area contributed by atoms with Crippen molar-refractivity contribution in [3.8, 4) is 16.9 Å². The predicted octanol–water partition coefficient (Wildman–Crippen LogP) is 2.65. The lowest BCUT2D eigenvalue weighted by Gasteiger charge is -2.15. The normalized spacial score (nSPS) is 12.7. The number of nitrogens with zero attached hydrogens (tertiary/aromatic N) is 3. The van der Waals surface area contributed by atoms with E-state index in [1.54, 1.807) is 11.1 Å². The number of nitrogen functional groups attached to an aromatic ring is 1. The molecule has 6 heteroatoms. The summed E-state index contributed by atoms with van der Waals surface area (Å²) < 4.78 is 5.64. The average Bonchev–Trinajstić information content (AvgIpc) is 3.10. The zero-order chi connectivity index (χ0) is 17.9. The molecule has 0 atom stereocenters. The number of nitrogens with two attached hydrogens (primary N) is 1. The van der Waals surface area contributed by atoms with Gasteiger partial charge in [0, 0.05) is 18.3 Å². The van der Waals surface area contributed by atoms with Crippen molar-refractivity contribution in [2.24, 2.45) is 0 Å². The molecule has 1 aliphatic heterocycles. The molecule has 6 nitrogen and oxygen atoms in total. The zero-order valence-electron chi connectivity index (χ0n) is 14.1. The molecule has 0 fully saturated rings. The molecule has 26 heavy (non-hydrogen) atoms. The first-order chi connectivity index (χ1) is 12.7. The van der Waals surface area contributed by atoms with Crippen molar-refractivity contribution in [1.82, 2.24) is 14.9 Å². The van der Waals surface area contributed by atoms with Crippen LogP contribution in [0.4, 0.5) is 5.95 Å². The summed E-state index contributed by atoms with van der Waals surface area (Å²) in [5.74, 6) is 0.806. The van der Waals surface area contributed by atoms with Gasteiger partial charge in [-0.3, -0.25) is 4.79 Å². The molecule has 0 bridgehead atoms. The molecule has 4 rings (SSSR count). The summed E-state index contributed by atoms with van der Waals surface area (Å²) in [6, 6.07) is 17.8. The highest BCUT2D eigenvalue weighted by atomic mass is 16.5. The number of hydrogen-bond acceptors (Lipinski definition) is 5. The second-order valence-corrected chi connectivity index (χ2v) is 6.13. The van der Waals surface area contributed by atoms with E-state index < -0.39 is 0 Å². The van der Waals surface area contributed by atoms with Crippen LogP contribution >= 0.6 is 0 Å². The first kappa shape index (κ1) is 16.1. The Balaban J connectivity index is 1.35. The van der Waals surface area contributed by atoms with Gasteiger partial charge in [-0.2, -0.15) is 0 Å². The number of carbonyl (C=O) groups excluding carboxylic acids is 1. The molecule has 0 unspecified atom stereocenters. The van der Waals surface area contributed by atoms with Crippen LogP contribution < -0.4 is 10.5 Å². The molecule has 0 spiro atoms. The fourth-order valence-corrected chi connectivity index (χ4v) is 2.96. The highest BCUT2D eigenvalue weighted by molar-refractivity contribution is 5.78. The molecule has 1 aromatic heterocycles. The van der Waals surface area contributed by atoms with E-state index in [9.17, 15) is 4.79 Å². The van der Waals surface area contributed by atoms with Gasteiger partial charge in [0.05, 0.1) is 12.2 Å². The molecule has 2 aromatic carbocycles. The monoisotopic (exact) mass is 346 g/mol. The lowest BCUT2D eigenvalue weighted by Crippen LogP contribution is -2.30. The minimum atomic E-state index is -0.0892. The van der Waals surface area contributed by atoms with Gasteiger partial charge in [-0.05, 0) is 23.3 Å². The number of benzene rings is 2.